The second-order valence-corrected chi connectivity index (χ2v) is 5.95. The summed E-state index contributed by atoms with van der Waals surface area (Å²) in [6, 6.07) is 4.00. The maximum atomic E-state index is 5.84. The van der Waals surface area contributed by atoms with Crippen LogP contribution in [0, 0.1) is 0 Å². The first-order valence-corrected chi connectivity index (χ1v) is 9.18. The van der Waals surface area contributed by atoms with Gasteiger partial charge in [0.05, 0.1) is 39.6 Å². The molecule has 0 saturated carbocycles. The van der Waals surface area contributed by atoms with Crippen LogP contribution in [0.3, 0.4) is 0 Å². The van der Waals surface area contributed by atoms with Gasteiger partial charge >= 0.3 is 0 Å². The second-order valence-electron chi connectivity index (χ2n) is 5.21. The van der Waals surface area contributed by atoms with E-state index in [-0.39, 0.29) is 0 Å². The molecule has 2 rings (SSSR count). The molecule has 0 fully saturated rings. The minimum Gasteiger partial charge on any atom is -0.487 e. The summed E-state index contributed by atoms with van der Waals surface area (Å²) < 4.78 is 32.4. The van der Waals surface area contributed by atoms with Crippen molar-refractivity contribution in [1.82, 2.24) is 0 Å². The molecule has 25 heavy (non-hydrogen) atoms. The van der Waals surface area contributed by atoms with Gasteiger partial charge in [-0.3, -0.25) is 0 Å². The van der Waals surface area contributed by atoms with E-state index in [1.807, 2.05) is 12.1 Å². The zero-order valence-corrected chi connectivity index (χ0v) is 15.6. The molecular weight excluding hydrogens is 344 g/mol. The van der Waals surface area contributed by atoms with Gasteiger partial charge in [-0.15, -0.1) is 0 Å². The number of thiophene rings is 1. The molecule has 1 aromatic heterocycles. The van der Waals surface area contributed by atoms with Crippen molar-refractivity contribution in [2.75, 3.05) is 67.1 Å². The number of rotatable bonds is 14. The predicted molar refractivity (Wildman–Crippen MR) is 98.2 cm³/mol. The minimum absolute atomic E-state index is 0.458. The summed E-state index contributed by atoms with van der Waals surface area (Å²) in [5, 5.41) is 6.47. The summed E-state index contributed by atoms with van der Waals surface area (Å²) in [6.45, 7) is 4.21. The van der Waals surface area contributed by atoms with Gasteiger partial charge in [0, 0.05) is 14.2 Å². The Morgan fingerprint density at radius 2 is 1.08 bits per heavy atom. The van der Waals surface area contributed by atoms with Crippen LogP contribution in [0.2, 0.25) is 0 Å². The lowest BCUT2D eigenvalue weighted by Gasteiger charge is -2.14. The summed E-state index contributed by atoms with van der Waals surface area (Å²) in [5.74, 6) is 1.44. The van der Waals surface area contributed by atoms with Crippen molar-refractivity contribution in [3.63, 3.8) is 0 Å². The Balaban J connectivity index is 1.84. The molecule has 0 aliphatic rings. The van der Waals surface area contributed by atoms with E-state index in [0.717, 1.165) is 22.3 Å². The topological polar surface area (TPSA) is 55.4 Å². The molecule has 0 bridgehead atoms. The number of benzene rings is 1. The van der Waals surface area contributed by atoms with Gasteiger partial charge in [0.1, 0.15) is 13.2 Å². The molecule has 0 saturated heterocycles. The van der Waals surface area contributed by atoms with Crippen molar-refractivity contribution in [3.8, 4) is 11.5 Å². The van der Waals surface area contributed by atoms with Crippen molar-refractivity contribution in [3.05, 3.63) is 22.9 Å². The van der Waals surface area contributed by atoms with E-state index in [2.05, 4.69) is 10.8 Å². The Morgan fingerprint density at radius 3 is 1.52 bits per heavy atom. The van der Waals surface area contributed by atoms with Gasteiger partial charge < -0.3 is 28.4 Å². The molecule has 0 amide bonds. The van der Waals surface area contributed by atoms with Gasteiger partial charge in [-0.05, 0) is 33.7 Å². The molecule has 0 spiro atoms. The SMILES string of the molecule is COCCOCCOc1cc2cscc2cc1OCCOCCOC. The highest BCUT2D eigenvalue weighted by Gasteiger charge is 2.09. The molecule has 0 atom stereocenters. The molecular formula is C18H26O6S. The minimum atomic E-state index is 0.458. The first-order chi connectivity index (χ1) is 12.3. The van der Waals surface area contributed by atoms with Crippen LogP contribution in [0.1, 0.15) is 0 Å². The quantitative estimate of drug-likeness (QED) is 0.477. The van der Waals surface area contributed by atoms with E-state index in [1.54, 1.807) is 25.6 Å². The maximum absolute atomic E-state index is 5.84. The first-order valence-electron chi connectivity index (χ1n) is 8.24. The Kier molecular flexibility index (Phi) is 9.61. The molecule has 0 aliphatic carbocycles. The summed E-state index contributed by atoms with van der Waals surface area (Å²) in [5.41, 5.74) is 0. The third-order valence-electron chi connectivity index (χ3n) is 3.37. The monoisotopic (exact) mass is 370 g/mol. The Hall–Kier alpha value is -1.38. The smallest absolute Gasteiger partial charge is 0.161 e. The van der Waals surface area contributed by atoms with Gasteiger partial charge in [0.2, 0.25) is 0 Å². The fraction of sp³-hybridized carbons (Fsp3) is 0.556. The number of ether oxygens (including phenoxy) is 6. The van der Waals surface area contributed by atoms with Gasteiger partial charge in [-0.25, -0.2) is 0 Å². The molecule has 6 nitrogen and oxygen atoms in total. The maximum Gasteiger partial charge on any atom is 0.161 e. The fourth-order valence-corrected chi connectivity index (χ4v) is 2.88. The fourth-order valence-electron chi connectivity index (χ4n) is 2.11. The van der Waals surface area contributed by atoms with Crippen LogP contribution >= 0.6 is 11.3 Å². The molecule has 1 aromatic carbocycles. The van der Waals surface area contributed by atoms with Gasteiger partial charge in [-0.2, -0.15) is 11.3 Å². The molecule has 0 unspecified atom stereocenters. The summed E-state index contributed by atoms with van der Waals surface area (Å²) in [7, 11) is 3.30. The van der Waals surface area contributed by atoms with E-state index in [0.29, 0.717) is 52.9 Å². The molecule has 0 aliphatic heterocycles. The third kappa shape index (κ3) is 7.17. The van der Waals surface area contributed by atoms with Crippen LogP contribution < -0.4 is 9.47 Å². The van der Waals surface area contributed by atoms with Crippen LogP contribution in [0.5, 0.6) is 11.5 Å². The largest absolute Gasteiger partial charge is 0.487 e. The molecule has 140 valence electrons. The van der Waals surface area contributed by atoms with Crippen molar-refractivity contribution >= 4 is 22.1 Å². The molecule has 0 radical (unpaired) electrons. The highest BCUT2D eigenvalue weighted by Crippen LogP contribution is 2.34. The molecule has 1 heterocycles. The van der Waals surface area contributed by atoms with E-state index in [9.17, 15) is 0 Å². The van der Waals surface area contributed by atoms with E-state index >= 15 is 0 Å². The lowest BCUT2D eigenvalue weighted by atomic mass is 10.2. The Bertz CT molecular complexity index is 550. The summed E-state index contributed by atoms with van der Waals surface area (Å²) in [4.78, 5) is 0. The van der Waals surface area contributed by atoms with Crippen molar-refractivity contribution in [2.24, 2.45) is 0 Å². The second kappa shape index (κ2) is 12.1. The van der Waals surface area contributed by atoms with Crippen LogP contribution in [-0.2, 0) is 18.9 Å². The van der Waals surface area contributed by atoms with Gasteiger partial charge in [0.25, 0.3) is 0 Å². The van der Waals surface area contributed by atoms with Crippen LogP contribution in [0.25, 0.3) is 10.8 Å². The summed E-state index contributed by atoms with van der Waals surface area (Å²) >= 11 is 1.66. The van der Waals surface area contributed by atoms with Crippen LogP contribution in [0.15, 0.2) is 22.9 Å². The Morgan fingerprint density at radius 1 is 0.640 bits per heavy atom. The third-order valence-corrected chi connectivity index (χ3v) is 4.15. The average molecular weight is 370 g/mol. The van der Waals surface area contributed by atoms with Gasteiger partial charge in [0.15, 0.2) is 11.5 Å². The molecule has 0 N–H and O–H groups in total. The standard InChI is InChI=1S/C18H26O6S/c1-19-3-5-21-7-9-23-17-11-15-13-25-14-16(15)12-18(17)24-10-8-22-6-4-20-2/h11-14H,3-10H2,1-2H3. The average Bonchev–Trinajstić information content (AvgIpc) is 3.08. The van der Waals surface area contributed by atoms with Crippen molar-refractivity contribution < 1.29 is 28.4 Å². The number of methoxy groups -OCH3 is 2. The zero-order valence-electron chi connectivity index (χ0n) is 14.8. The van der Waals surface area contributed by atoms with Crippen molar-refractivity contribution in [1.29, 1.82) is 0 Å². The van der Waals surface area contributed by atoms with Gasteiger partial charge in [-0.1, -0.05) is 0 Å². The highest BCUT2D eigenvalue weighted by molar-refractivity contribution is 7.09. The van der Waals surface area contributed by atoms with E-state index in [1.165, 1.54) is 0 Å². The lowest BCUT2D eigenvalue weighted by Crippen LogP contribution is -2.12. The molecule has 7 heteroatoms. The zero-order chi connectivity index (χ0) is 17.7. The number of fused-ring (bicyclic) bond motifs is 1. The summed E-state index contributed by atoms with van der Waals surface area (Å²) in [6.07, 6.45) is 0. The van der Waals surface area contributed by atoms with Crippen LogP contribution in [-0.4, -0.2) is 67.1 Å². The van der Waals surface area contributed by atoms with Crippen LogP contribution in [0.4, 0.5) is 0 Å². The lowest BCUT2D eigenvalue weighted by molar-refractivity contribution is 0.0499. The molecule has 2 aromatic rings. The van der Waals surface area contributed by atoms with Crippen molar-refractivity contribution in [2.45, 2.75) is 0 Å². The first kappa shape index (κ1) is 19.9. The number of hydrogen-bond donors (Lipinski definition) is 0. The van der Waals surface area contributed by atoms with E-state index < -0.39 is 0 Å². The predicted octanol–water partition coefficient (Wildman–Crippen LogP) is 2.98. The number of hydrogen-bond acceptors (Lipinski definition) is 7. The van der Waals surface area contributed by atoms with E-state index in [4.69, 9.17) is 28.4 Å². The Labute approximate surface area is 152 Å². The normalized spacial score (nSPS) is 11.1. The highest BCUT2D eigenvalue weighted by atomic mass is 32.1.